The largest absolute Gasteiger partial charge is 0.380 e. The number of hydrogen-bond donors (Lipinski definition) is 2. The zero-order valence-corrected chi connectivity index (χ0v) is 17.2. The Bertz CT molecular complexity index is 475. The predicted molar refractivity (Wildman–Crippen MR) is 108 cm³/mol. The molecule has 2 N–H and O–H groups in total. The van der Waals surface area contributed by atoms with Crippen LogP contribution in [0.15, 0.2) is 23.2 Å². The third-order valence-corrected chi connectivity index (χ3v) is 3.56. The lowest BCUT2D eigenvalue weighted by atomic mass is 10.1. The van der Waals surface area contributed by atoms with E-state index in [2.05, 4.69) is 15.6 Å². The fourth-order valence-electron chi connectivity index (χ4n) is 1.93. The first-order chi connectivity index (χ1) is 10.7. The molecule has 0 amide bonds. The Labute approximate surface area is 160 Å². The van der Waals surface area contributed by atoms with Gasteiger partial charge in [0.05, 0.1) is 13.2 Å². The molecular formula is C16H27FIN3OS. The third-order valence-electron chi connectivity index (χ3n) is 2.96. The fourth-order valence-corrected chi connectivity index (χ4v) is 2.51. The number of nitrogens with one attached hydrogen (secondary N) is 2. The minimum absolute atomic E-state index is 0. The summed E-state index contributed by atoms with van der Waals surface area (Å²) in [4.78, 5) is 4.56. The number of thioether (sulfide) groups is 1. The number of ether oxygens (including phenoxy) is 1. The van der Waals surface area contributed by atoms with Crippen LogP contribution in [0.3, 0.4) is 0 Å². The van der Waals surface area contributed by atoms with E-state index in [-0.39, 0.29) is 29.8 Å². The van der Waals surface area contributed by atoms with Crippen LogP contribution in [0.1, 0.15) is 25.0 Å². The average Bonchev–Trinajstić information content (AvgIpc) is 2.51. The first-order valence-corrected chi connectivity index (χ1v) is 8.96. The number of nitrogens with zero attached hydrogens (tertiary/aromatic N) is 1. The van der Waals surface area contributed by atoms with E-state index in [4.69, 9.17) is 4.74 Å². The lowest BCUT2D eigenvalue weighted by Gasteiger charge is -2.12. The number of hydrogen-bond acceptors (Lipinski definition) is 3. The van der Waals surface area contributed by atoms with Gasteiger partial charge in [-0.2, -0.15) is 11.8 Å². The molecule has 0 aliphatic carbocycles. The molecule has 7 heteroatoms. The van der Waals surface area contributed by atoms with Gasteiger partial charge < -0.3 is 15.4 Å². The van der Waals surface area contributed by atoms with Crippen LogP contribution in [0.25, 0.3) is 0 Å². The fraction of sp³-hybridized carbons (Fsp3) is 0.562. The molecule has 0 aromatic heterocycles. The lowest BCUT2D eigenvalue weighted by molar-refractivity contribution is 0.152. The van der Waals surface area contributed by atoms with Gasteiger partial charge in [-0.15, -0.1) is 24.0 Å². The Kier molecular flexibility index (Phi) is 13.5. The molecular weight excluding hydrogens is 428 g/mol. The summed E-state index contributed by atoms with van der Waals surface area (Å²) in [6.07, 6.45) is 2.01. The van der Waals surface area contributed by atoms with E-state index in [1.54, 1.807) is 17.8 Å². The van der Waals surface area contributed by atoms with Crippen LogP contribution >= 0.6 is 35.7 Å². The predicted octanol–water partition coefficient (Wildman–Crippen LogP) is 3.40. The van der Waals surface area contributed by atoms with E-state index >= 15 is 0 Å². The highest BCUT2D eigenvalue weighted by Gasteiger charge is 2.04. The number of rotatable bonds is 9. The maximum atomic E-state index is 13.3. The van der Waals surface area contributed by atoms with Crippen LogP contribution in [-0.2, 0) is 17.0 Å². The van der Waals surface area contributed by atoms with E-state index in [9.17, 15) is 4.39 Å². The minimum atomic E-state index is -0.196. The van der Waals surface area contributed by atoms with Gasteiger partial charge in [-0.05, 0) is 43.4 Å². The van der Waals surface area contributed by atoms with Gasteiger partial charge >= 0.3 is 0 Å². The zero-order chi connectivity index (χ0) is 16.2. The SMILES string of the molecule is CCNC(=NCc1ccc(F)cc1CSC)NCCOCC.I. The highest BCUT2D eigenvalue weighted by atomic mass is 127. The van der Waals surface area contributed by atoms with Gasteiger partial charge in [-0.25, -0.2) is 9.38 Å². The molecule has 0 radical (unpaired) electrons. The Morgan fingerprint density at radius 3 is 2.70 bits per heavy atom. The number of aliphatic imine (C=N–C) groups is 1. The van der Waals surface area contributed by atoms with E-state index in [1.807, 2.05) is 26.2 Å². The molecule has 1 aromatic rings. The quantitative estimate of drug-likeness (QED) is 0.259. The third kappa shape index (κ3) is 9.36. The maximum absolute atomic E-state index is 13.3. The second-order valence-corrected chi connectivity index (χ2v) is 5.53. The molecule has 132 valence electrons. The monoisotopic (exact) mass is 455 g/mol. The van der Waals surface area contributed by atoms with Crippen molar-refractivity contribution in [1.82, 2.24) is 10.6 Å². The van der Waals surface area contributed by atoms with Gasteiger partial charge in [-0.3, -0.25) is 0 Å². The van der Waals surface area contributed by atoms with Gasteiger partial charge in [0, 0.05) is 25.4 Å². The molecule has 23 heavy (non-hydrogen) atoms. The Hall–Kier alpha value is -0.540. The summed E-state index contributed by atoms with van der Waals surface area (Å²) in [7, 11) is 0. The van der Waals surface area contributed by atoms with Gasteiger partial charge in [0.1, 0.15) is 5.82 Å². The van der Waals surface area contributed by atoms with Crippen LogP contribution in [0, 0.1) is 5.82 Å². The molecule has 1 aromatic carbocycles. The van der Waals surface area contributed by atoms with Gasteiger partial charge in [0.15, 0.2) is 5.96 Å². The molecule has 0 saturated carbocycles. The Balaban J connectivity index is 0.00000484. The summed E-state index contributed by atoms with van der Waals surface area (Å²) < 4.78 is 18.6. The van der Waals surface area contributed by atoms with Crippen molar-refractivity contribution in [3.8, 4) is 0 Å². The normalized spacial score (nSPS) is 11.0. The highest BCUT2D eigenvalue weighted by molar-refractivity contribution is 14.0. The van der Waals surface area contributed by atoms with E-state index in [0.29, 0.717) is 26.3 Å². The molecule has 4 nitrogen and oxygen atoms in total. The van der Waals surface area contributed by atoms with Crippen LogP contribution < -0.4 is 10.6 Å². The van der Waals surface area contributed by atoms with Crippen molar-refractivity contribution < 1.29 is 9.13 Å². The van der Waals surface area contributed by atoms with Crippen LogP contribution in [0.2, 0.25) is 0 Å². The highest BCUT2D eigenvalue weighted by Crippen LogP contribution is 2.17. The molecule has 0 bridgehead atoms. The van der Waals surface area contributed by atoms with E-state index < -0.39 is 0 Å². The van der Waals surface area contributed by atoms with Gasteiger partial charge in [-0.1, -0.05) is 6.07 Å². The summed E-state index contributed by atoms with van der Waals surface area (Å²) in [5, 5.41) is 6.42. The lowest BCUT2D eigenvalue weighted by Crippen LogP contribution is -2.39. The molecule has 0 atom stereocenters. The van der Waals surface area contributed by atoms with E-state index in [1.165, 1.54) is 6.07 Å². The molecule has 0 aliphatic rings. The maximum Gasteiger partial charge on any atom is 0.191 e. The van der Waals surface area contributed by atoms with Crippen LogP contribution in [0.4, 0.5) is 4.39 Å². The van der Waals surface area contributed by atoms with Crippen LogP contribution in [0.5, 0.6) is 0 Å². The molecule has 0 fully saturated rings. The van der Waals surface area contributed by atoms with Gasteiger partial charge in [0.2, 0.25) is 0 Å². The van der Waals surface area contributed by atoms with Crippen molar-refractivity contribution in [2.24, 2.45) is 4.99 Å². The Morgan fingerprint density at radius 2 is 2.04 bits per heavy atom. The van der Waals surface area contributed by atoms with Crippen molar-refractivity contribution in [3.63, 3.8) is 0 Å². The number of halogens is 2. The smallest absolute Gasteiger partial charge is 0.191 e. The molecule has 1 rings (SSSR count). The molecule has 0 saturated heterocycles. The van der Waals surface area contributed by atoms with Crippen LogP contribution in [-0.4, -0.2) is 38.5 Å². The van der Waals surface area contributed by atoms with Crippen molar-refractivity contribution >= 4 is 41.7 Å². The summed E-state index contributed by atoms with van der Waals surface area (Å²) >= 11 is 1.68. The van der Waals surface area contributed by atoms with Crippen molar-refractivity contribution in [2.75, 3.05) is 32.6 Å². The molecule has 0 unspecified atom stereocenters. The summed E-state index contributed by atoms with van der Waals surface area (Å²) in [5.41, 5.74) is 2.05. The minimum Gasteiger partial charge on any atom is -0.380 e. The zero-order valence-electron chi connectivity index (χ0n) is 14.0. The molecule has 0 spiro atoms. The van der Waals surface area contributed by atoms with Gasteiger partial charge in [0.25, 0.3) is 0 Å². The van der Waals surface area contributed by atoms with Crippen molar-refractivity contribution in [3.05, 3.63) is 35.1 Å². The second kappa shape index (κ2) is 13.9. The summed E-state index contributed by atoms with van der Waals surface area (Å²) in [6.45, 7) is 7.39. The average molecular weight is 455 g/mol. The number of benzene rings is 1. The summed E-state index contributed by atoms with van der Waals surface area (Å²) in [5.74, 6) is 1.34. The topological polar surface area (TPSA) is 45.7 Å². The first-order valence-electron chi connectivity index (χ1n) is 7.57. The van der Waals surface area contributed by atoms with E-state index in [0.717, 1.165) is 29.4 Å². The standard InChI is InChI=1S/C16H26FN3OS.HI/c1-4-18-16(19-8-9-21-5-2)20-11-13-6-7-15(17)10-14(13)12-22-3;/h6-7,10H,4-5,8-9,11-12H2,1-3H3,(H2,18,19,20);1H. The molecule has 0 aliphatic heterocycles. The first kappa shape index (κ1) is 22.5. The van der Waals surface area contributed by atoms with Crippen molar-refractivity contribution in [2.45, 2.75) is 26.1 Å². The Morgan fingerprint density at radius 1 is 1.26 bits per heavy atom. The molecule has 0 heterocycles. The summed E-state index contributed by atoms with van der Waals surface area (Å²) in [6, 6.07) is 4.90. The van der Waals surface area contributed by atoms with Crippen molar-refractivity contribution in [1.29, 1.82) is 0 Å². The second-order valence-electron chi connectivity index (χ2n) is 4.66. The number of guanidine groups is 1.